The summed E-state index contributed by atoms with van der Waals surface area (Å²) >= 11 is 3.41. The van der Waals surface area contributed by atoms with Crippen LogP contribution in [0, 0.1) is 5.82 Å². The zero-order valence-corrected chi connectivity index (χ0v) is 18.4. The van der Waals surface area contributed by atoms with Crippen molar-refractivity contribution in [3.05, 3.63) is 93.8 Å². The first-order valence-corrected chi connectivity index (χ1v) is 10.2. The van der Waals surface area contributed by atoms with E-state index < -0.39 is 0 Å². The minimum absolute atomic E-state index is 0.259. The average Bonchev–Trinajstić information content (AvgIpc) is 3.10. The molecule has 5 nitrogen and oxygen atoms in total. The van der Waals surface area contributed by atoms with Gasteiger partial charge in [0.2, 0.25) is 0 Å². The molecule has 0 bridgehead atoms. The van der Waals surface area contributed by atoms with Crippen molar-refractivity contribution in [3.63, 3.8) is 0 Å². The number of hydrogen-bond donors (Lipinski definition) is 0. The van der Waals surface area contributed by atoms with Gasteiger partial charge < -0.3 is 9.47 Å². The second-order valence-corrected chi connectivity index (χ2v) is 7.62. The van der Waals surface area contributed by atoms with Crippen LogP contribution in [0.4, 0.5) is 10.1 Å². The van der Waals surface area contributed by atoms with Crippen molar-refractivity contribution in [3.8, 4) is 11.5 Å². The molecule has 3 aromatic carbocycles. The summed E-state index contributed by atoms with van der Waals surface area (Å²) < 4.78 is 25.0. The third-order valence-electron chi connectivity index (χ3n) is 4.76. The number of benzene rings is 3. The molecule has 1 aliphatic rings. The highest BCUT2D eigenvalue weighted by Crippen LogP contribution is 2.31. The van der Waals surface area contributed by atoms with Crippen LogP contribution in [-0.4, -0.2) is 26.0 Å². The van der Waals surface area contributed by atoms with Crippen LogP contribution in [0.1, 0.15) is 11.1 Å². The fourth-order valence-electron chi connectivity index (χ4n) is 3.24. The molecule has 1 aliphatic heterocycles. The molecule has 4 rings (SSSR count). The Kier molecular flexibility index (Phi) is 5.86. The second kappa shape index (κ2) is 8.73. The van der Waals surface area contributed by atoms with Gasteiger partial charge >= 0.3 is 0 Å². The lowest BCUT2D eigenvalue weighted by atomic mass is 10.1. The molecule has 0 N–H and O–H groups in total. The first-order chi connectivity index (χ1) is 15.0. The van der Waals surface area contributed by atoms with Gasteiger partial charge in [-0.25, -0.2) is 9.38 Å². The highest BCUT2D eigenvalue weighted by molar-refractivity contribution is 9.10. The minimum Gasteiger partial charge on any atom is -0.493 e. The zero-order chi connectivity index (χ0) is 22.0. The van der Waals surface area contributed by atoms with Crippen molar-refractivity contribution in [1.82, 2.24) is 0 Å². The molecule has 156 valence electrons. The van der Waals surface area contributed by atoms with Crippen molar-refractivity contribution in [2.24, 2.45) is 4.99 Å². The number of ether oxygens (including phenoxy) is 2. The molecule has 7 heteroatoms. The van der Waals surface area contributed by atoms with E-state index in [1.807, 2.05) is 30.3 Å². The van der Waals surface area contributed by atoms with Gasteiger partial charge in [-0.1, -0.05) is 22.0 Å². The molecular formula is C24H18BrFN2O3. The molecule has 31 heavy (non-hydrogen) atoms. The molecule has 0 aromatic heterocycles. The van der Waals surface area contributed by atoms with E-state index >= 15 is 0 Å². The Morgan fingerprint density at radius 1 is 0.935 bits per heavy atom. The minimum atomic E-state index is -0.357. The lowest BCUT2D eigenvalue weighted by molar-refractivity contribution is -0.113. The number of anilines is 1. The maximum atomic E-state index is 13.5. The van der Waals surface area contributed by atoms with E-state index in [1.165, 1.54) is 17.0 Å². The molecule has 0 unspecified atom stereocenters. The number of hydrogen-bond acceptors (Lipinski definition) is 4. The van der Waals surface area contributed by atoms with Gasteiger partial charge in [-0.3, -0.25) is 9.69 Å². The van der Waals surface area contributed by atoms with E-state index in [2.05, 4.69) is 20.9 Å². The van der Waals surface area contributed by atoms with E-state index in [4.69, 9.17) is 9.47 Å². The van der Waals surface area contributed by atoms with Crippen molar-refractivity contribution < 1.29 is 18.7 Å². The van der Waals surface area contributed by atoms with Gasteiger partial charge in [0.25, 0.3) is 5.91 Å². The van der Waals surface area contributed by atoms with Gasteiger partial charge in [-0.05, 0) is 72.3 Å². The van der Waals surface area contributed by atoms with Gasteiger partial charge in [0.15, 0.2) is 11.5 Å². The van der Waals surface area contributed by atoms with Crippen LogP contribution in [0.2, 0.25) is 0 Å². The topological polar surface area (TPSA) is 51.1 Å². The predicted molar refractivity (Wildman–Crippen MR) is 122 cm³/mol. The van der Waals surface area contributed by atoms with Gasteiger partial charge in [0.1, 0.15) is 17.3 Å². The van der Waals surface area contributed by atoms with Crippen LogP contribution in [0.3, 0.4) is 0 Å². The number of amides is 1. The summed E-state index contributed by atoms with van der Waals surface area (Å²) in [5.74, 6) is 0.935. The summed E-state index contributed by atoms with van der Waals surface area (Å²) in [6, 6.07) is 18.6. The van der Waals surface area contributed by atoms with Crippen LogP contribution in [-0.2, 0) is 4.79 Å². The monoisotopic (exact) mass is 480 g/mol. The molecule has 3 aromatic rings. The lowest BCUT2D eigenvalue weighted by Crippen LogP contribution is -2.32. The smallest absolute Gasteiger partial charge is 0.282 e. The highest BCUT2D eigenvalue weighted by atomic mass is 79.9. The van der Waals surface area contributed by atoms with E-state index in [0.717, 1.165) is 10.0 Å². The molecule has 0 fully saturated rings. The Hall–Kier alpha value is -3.45. The number of nitrogens with zero attached hydrogens (tertiary/aromatic N) is 2. The maximum absolute atomic E-state index is 13.5. The summed E-state index contributed by atoms with van der Waals surface area (Å²) in [7, 11) is 3.11. The Bertz CT molecular complexity index is 1190. The van der Waals surface area contributed by atoms with Crippen molar-refractivity contribution in [2.75, 3.05) is 19.1 Å². The van der Waals surface area contributed by atoms with Crippen LogP contribution < -0.4 is 14.4 Å². The standard InChI is InChI=1S/C24H18BrFN2O3/c1-30-21-12-3-15(14-22(21)31-2)13-20-24(29)28(19-10-6-17(25)7-11-19)23(27-20)16-4-8-18(26)9-5-16/h3-14H,1-2H3/b20-13+. The molecule has 1 heterocycles. The molecule has 0 aliphatic carbocycles. The largest absolute Gasteiger partial charge is 0.493 e. The summed E-state index contributed by atoms with van der Waals surface area (Å²) in [6.45, 7) is 0. The van der Waals surface area contributed by atoms with Gasteiger partial charge in [-0.2, -0.15) is 0 Å². The Labute approximate surface area is 187 Å². The summed E-state index contributed by atoms with van der Waals surface area (Å²) in [5, 5.41) is 0. The quantitative estimate of drug-likeness (QED) is 0.456. The number of carbonyl (C=O) groups excluding carboxylic acids is 1. The highest BCUT2D eigenvalue weighted by Gasteiger charge is 2.32. The first-order valence-electron chi connectivity index (χ1n) is 9.38. The Morgan fingerprint density at radius 3 is 2.26 bits per heavy atom. The first kappa shape index (κ1) is 20.8. The van der Waals surface area contributed by atoms with E-state index in [-0.39, 0.29) is 17.4 Å². The van der Waals surface area contributed by atoms with E-state index in [1.54, 1.807) is 44.6 Å². The summed E-state index contributed by atoms with van der Waals surface area (Å²) in [5.41, 5.74) is 2.29. The van der Waals surface area contributed by atoms with Crippen LogP contribution in [0.15, 0.2) is 81.9 Å². The van der Waals surface area contributed by atoms with Gasteiger partial charge in [0, 0.05) is 10.0 Å². The fraction of sp³-hybridized carbons (Fsp3) is 0.0833. The number of methoxy groups -OCH3 is 2. The molecular weight excluding hydrogens is 463 g/mol. The number of carbonyl (C=O) groups is 1. The zero-order valence-electron chi connectivity index (χ0n) is 16.8. The Balaban J connectivity index is 1.80. The van der Waals surface area contributed by atoms with Gasteiger partial charge in [0.05, 0.1) is 19.9 Å². The predicted octanol–water partition coefficient (Wildman–Crippen LogP) is 5.44. The normalized spacial score (nSPS) is 14.7. The SMILES string of the molecule is COc1ccc(/C=C2/N=C(c3ccc(F)cc3)N(c3ccc(Br)cc3)C2=O)cc1OC. The van der Waals surface area contributed by atoms with Crippen LogP contribution in [0.5, 0.6) is 11.5 Å². The lowest BCUT2D eigenvalue weighted by Gasteiger charge is -2.18. The van der Waals surface area contributed by atoms with E-state index in [0.29, 0.717) is 28.6 Å². The number of rotatable bonds is 5. The molecule has 0 atom stereocenters. The number of amidine groups is 1. The average molecular weight is 481 g/mol. The molecule has 0 radical (unpaired) electrons. The molecule has 0 saturated heterocycles. The third kappa shape index (κ3) is 4.22. The Morgan fingerprint density at radius 2 is 1.61 bits per heavy atom. The van der Waals surface area contributed by atoms with Crippen molar-refractivity contribution >= 4 is 39.4 Å². The van der Waals surface area contributed by atoms with Crippen LogP contribution >= 0.6 is 15.9 Å². The second-order valence-electron chi connectivity index (χ2n) is 6.70. The fourth-order valence-corrected chi connectivity index (χ4v) is 3.50. The van der Waals surface area contributed by atoms with Gasteiger partial charge in [-0.15, -0.1) is 0 Å². The van der Waals surface area contributed by atoms with Crippen LogP contribution in [0.25, 0.3) is 6.08 Å². The third-order valence-corrected chi connectivity index (χ3v) is 5.29. The van der Waals surface area contributed by atoms with Crippen molar-refractivity contribution in [1.29, 1.82) is 0 Å². The molecule has 0 spiro atoms. The van der Waals surface area contributed by atoms with Crippen molar-refractivity contribution in [2.45, 2.75) is 0 Å². The molecule has 1 amide bonds. The summed E-state index contributed by atoms with van der Waals surface area (Å²) in [6.07, 6.45) is 1.69. The molecule has 0 saturated carbocycles. The summed E-state index contributed by atoms with van der Waals surface area (Å²) in [4.78, 5) is 19.4. The van der Waals surface area contributed by atoms with E-state index in [9.17, 15) is 9.18 Å². The number of aliphatic imine (C=N–C) groups is 1. The number of halogens is 2. The maximum Gasteiger partial charge on any atom is 0.282 e.